The van der Waals surface area contributed by atoms with Crippen LogP contribution in [0, 0.1) is 6.92 Å². The van der Waals surface area contributed by atoms with Crippen LogP contribution in [-0.2, 0) is 4.79 Å². The lowest BCUT2D eigenvalue weighted by Crippen LogP contribution is -2.55. The maximum absolute atomic E-state index is 12.3. The van der Waals surface area contributed by atoms with Crippen LogP contribution in [-0.4, -0.2) is 63.0 Å². The van der Waals surface area contributed by atoms with Crippen LogP contribution in [0.2, 0.25) is 0 Å². The fourth-order valence-electron chi connectivity index (χ4n) is 2.72. The predicted molar refractivity (Wildman–Crippen MR) is 94.7 cm³/mol. The van der Waals surface area contributed by atoms with Crippen molar-refractivity contribution in [2.24, 2.45) is 0 Å². The van der Waals surface area contributed by atoms with Gasteiger partial charge in [0.2, 0.25) is 11.8 Å². The van der Waals surface area contributed by atoms with Crippen molar-refractivity contribution in [3.05, 3.63) is 41.8 Å². The average Bonchev–Trinajstić information content (AvgIpc) is 3.07. The van der Waals surface area contributed by atoms with Crippen LogP contribution in [0.4, 0.5) is 0 Å². The summed E-state index contributed by atoms with van der Waals surface area (Å²) in [4.78, 5) is 26.1. The van der Waals surface area contributed by atoms with Crippen LogP contribution in [0.3, 0.4) is 0 Å². The molecule has 0 unspecified atom stereocenters. The number of amides is 2. The molecule has 3 rings (SSSR count). The van der Waals surface area contributed by atoms with Crippen molar-refractivity contribution < 1.29 is 19.1 Å². The number of aliphatic hydroxyl groups is 1. The van der Waals surface area contributed by atoms with E-state index in [1.807, 2.05) is 6.07 Å². The van der Waals surface area contributed by atoms with E-state index in [9.17, 15) is 14.7 Å². The highest BCUT2D eigenvalue weighted by molar-refractivity contribution is 7.99. The number of β-amino-alcohol motifs (C(OH)–C–C–N with tert-alkyl or cyclic N) is 1. The number of nitrogens with zero attached hydrogens (tertiary/aromatic N) is 3. The molecule has 2 amide bonds. The summed E-state index contributed by atoms with van der Waals surface area (Å²) >= 11 is 1.17. The van der Waals surface area contributed by atoms with Gasteiger partial charge in [-0.2, -0.15) is 0 Å². The van der Waals surface area contributed by atoms with E-state index < -0.39 is 6.10 Å². The third kappa shape index (κ3) is 4.61. The van der Waals surface area contributed by atoms with Crippen molar-refractivity contribution in [1.29, 1.82) is 0 Å². The summed E-state index contributed by atoms with van der Waals surface area (Å²) in [6.07, 6.45) is -0.313. The summed E-state index contributed by atoms with van der Waals surface area (Å²) in [5, 5.41) is 21.0. The van der Waals surface area contributed by atoms with Gasteiger partial charge in [-0.25, -0.2) is 0 Å². The van der Waals surface area contributed by atoms with Crippen LogP contribution in [0.15, 0.2) is 40.0 Å². The molecule has 0 saturated carbocycles. The molecule has 2 atom stereocenters. The number of benzene rings is 1. The lowest BCUT2D eigenvalue weighted by atomic mass is 10.0. The molecule has 1 fully saturated rings. The van der Waals surface area contributed by atoms with Gasteiger partial charge in [-0.15, -0.1) is 10.2 Å². The van der Waals surface area contributed by atoms with E-state index in [0.717, 1.165) is 0 Å². The highest BCUT2D eigenvalue weighted by atomic mass is 32.2. The van der Waals surface area contributed by atoms with Crippen LogP contribution < -0.4 is 5.32 Å². The zero-order valence-electron chi connectivity index (χ0n) is 14.3. The maximum Gasteiger partial charge on any atom is 0.277 e. The van der Waals surface area contributed by atoms with E-state index in [0.29, 0.717) is 29.6 Å². The molecule has 0 spiro atoms. The molecule has 1 aromatic carbocycles. The standard InChI is InChI=1S/C17H20N4O4S/c1-11-19-20-17(25-11)26-10-15(23)21-8-7-13(14(22)9-21)18-16(24)12-5-3-2-4-6-12/h2-6,13-14,22H,7-10H2,1H3,(H,18,24)/t13-,14-/m1/s1. The molecule has 2 heterocycles. The smallest absolute Gasteiger partial charge is 0.277 e. The Morgan fingerprint density at radius 3 is 2.77 bits per heavy atom. The van der Waals surface area contributed by atoms with Gasteiger partial charge in [-0.3, -0.25) is 9.59 Å². The Labute approximate surface area is 155 Å². The Morgan fingerprint density at radius 2 is 2.12 bits per heavy atom. The number of rotatable bonds is 5. The van der Waals surface area contributed by atoms with E-state index >= 15 is 0 Å². The summed E-state index contributed by atoms with van der Waals surface area (Å²) < 4.78 is 5.22. The monoisotopic (exact) mass is 376 g/mol. The predicted octanol–water partition coefficient (Wildman–Crippen LogP) is 0.862. The largest absolute Gasteiger partial charge is 0.416 e. The Balaban J connectivity index is 1.48. The first-order chi connectivity index (χ1) is 12.5. The lowest BCUT2D eigenvalue weighted by Gasteiger charge is -2.36. The van der Waals surface area contributed by atoms with Crippen LogP contribution in [0.1, 0.15) is 22.7 Å². The molecule has 1 saturated heterocycles. The van der Waals surface area contributed by atoms with Gasteiger partial charge in [0.1, 0.15) is 0 Å². The quantitative estimate of drug-likeness (QED) is 0.745. The van der Waals surface area contributed by atoms with Crippen molar-refractivity contribution in [2.75, 3.05) is 18.8 Å². The number of piperidine rings is 1. The van der Waals surface area contributed by atoms with E-state index in [1.54, 1.807) is 36.1 Å². The van der Waals surface area contributed by atoms with Gasteiger partial charge in [-0.05, 0) is 18.6 Å². The van der Waals surface area contributed by atoms with Gasteiger partial charge in [0.05, 0.1) is 17.9 Å². The Bertz CT molecular complexity index is 767. The molecule has 2 aromatic rings. The van der Waals surface area contributed by atoms with Gasteiger partial charge < -0.3 is 19.7 Å². The van der Waals surface area contributed by atoms with Crippen molar-refractivity contribution in [3.8, 4) is 0 Å². The molecule has 0 bridgehead atoms. The summed E-state index contributed by atoms with van der Waals surface area (Å²) in [5.74, 6) is 0.273. The Kier molecular flexibility index (Phi) is 5.89. The zero-order valence-corrected chi connectivity index (χ0v) is 15.1. The second kappa shape index (κ2) is 8.33. The fraction of sp³-hybridized carbons (Fsp3) is 0.412. The summed E-state index contributed by atoms with van der Waals surface area (Å²) in [6.45, 7) is 2.34. The van der Waals surface area contributed by atoms with Crippen LogP contribution >= 0.6 is 11.8 Å². The maximum atomic E-state index is 12.3. The number of likely N-dealkylation sites (tertiary alicyclic amines) is 1. The molecule has 0 aliphatic carbocycles. The molecule has 138 valence electrons. The summed E-state index contributed by atoms with van der Waals surface area (Å²) in [6, 6.07) is 8.47. The number of aromatic nitrogens is 2. The normalized spacial score (nSPS) is 20.0. The SMILES string of the molecule is Cc1nnc(SCC(=O)N2CC[C@@H](NC(=O)c3ccccc3)[C@H](O)C2)o1. The first-order valence-electron chi connectivity index (χ1n) is 8.27. The minimum atomic E-state index is -0.809. The molecule has 8 nitrogen and oxygen atoms in total. The molecule has 1 aromatic heterocycles. The Morgan fingerprint density at radius 1 is 1.35 bits per heavy atom. The number of aliphatic hydroxyl groups excluding tert-OH is 1. The number of thioether (sulfide) groups is 1. The van der Waals surface area contributed by atoms with Crippen molar-refractivity contribution in [2.45, 2.75) is 30.7 Å². The minimum Gasteiger partial charge on any atom is -0.416 e. The second-order valence-electron chi connectivity index (χ2n) is 6.02. The van der Waals surface area contributed by atoms with E-state index in [4.69, 9.17) is 4.42 Å². The highest BCUT2D eigenvalue weighted by Crippen LogP contribution is 2.18. The molecule has 9 heteroatoms. The Hall–Kier alpha value is -2.39. The summed E-state index contributed by atoms with van der Waals surface area (Å²) in [5.41, 5.74) is 0.546. The zero-order chi connectivity index (χ0) is 18.5. The third-order valence-corrected chi connectivity index (χ3v) is 4.92. The number of carbonyl (C=O) groups is 2. The van der Waals surface area contributed by atoms with Crippen molar-refractivity contribution in [1.82, 2.24) is 20.4 Å². The topological polar surface area (TPSA) is 109 Å². The van der Waals surface area contributed by atoms with Gasteiger partial charge in [0, 0.05) is 25.6 Å². The third-order valence-electron chi connectivity index (χ3n) is 4.11. The fourth-order valence-corrected chi connectivity index (χ4v) is 3.43. The molecule has 2 N–H and O–H groups in total. The number of hydrogen-bond acceptors (Lipinski definition) is 7. The molecule has 0 radical (unpaired) electrons. The molecular formula is C17H20N4O4S. The molecule has 1 aliphatic rings. The van der Waals surface area contributed by atoms with E-state index in [1.165, 1.54) is 11.8 Å². The van der Waals surface area contributed by atoms with E-state index in [2.05, 4.69) is 15.5 Å². The van der Waals surface area contributed by atoms with E-state index in [-0.39, 0.29) is 30.2 Å². The molecular weight excluding hydrogens is 356 g/mol. The minimum absolute atomic E-state index is 0.113. The first kappa shape index (κ1) is 18.4. The first-order valence-corrected chi connectivity index (χ1v) is 9.26. The lowest BCUT2D eigenvalue weighted by molar-refractivity contribution is -0.131. The average molecular weight is 376 g/mol. The molecule has 1 aliphatic heterocycles. The number of nitrogens with one attached hydrogen (secondary N) is 1. The van der Waals surface area contributed by atoms with Crippen LogP contribution in [0.5, 0.6) is 0 Å². The van der Waals surface area contributed by atoms with Gasteiger partial charge >= 0.3 is 0 Å². The number of aryl methyl sites for hydroxylation is 1. The second-order valence-corrected chi connectivity index (χ2v) is 6.94. The van der Waals surface area contributed by atoms with Crippen LogP contribution in [0.25, 0.3) is 0 Å². The van der Waals surface area contributed by atoms with Crippen molar-refractivity contribution in [3.63, 3.8) is 0 Å². The number of carbonyl (C=O) groups excluding carboxylic acids is 2. The van der Waals surface area contributed by atoms with Gasteiger partial charge in [-0.1, -0.05) is 30.0 Å². The highest BCUT2D eigenvalue weighted by Gasteiger charge is 2.31. The summed E-state index contributed by atoms with van der Waals surface area (Å²) in [7, 11) is 0. The molecule has 26 heavy (non-hydrogen) atoms. The van der Waals surface area contributed by atoms with Crippen molar-refractivity contribution >= 4 is 23.6 Å². The van der Waals surface area contributed by atoms with Gasteiger partial charge in [0.15, 0.2) is 0 Å². The van der Waals surface area contributed by atoms with Gasteiger partial charge in [0.25, 0.3) is 11.1 Å². The number of hydrogen-bond donors (Lipinski definition) is 2.